The number of nitrogens with two attached hydrogens (primary N) is 1. The predicted molar refractivity (Wildman–Crippen MR) is 94.0 cm³/mol. The second-order valence-corrected chi connectivity index (χ2v) is 6.62. The van der Waals surface area contributed by atoms with E-state index >= 15 is 0 Å². The molecule has 1 aromatic heterocycles. The molecule has 0 radical (unpaired) electrons. The molecule has 0 aliphatic rings. The number of carbonyl (C=O) groups is 1. The van der Waals surface area contributed by atoms with Crippen LogP contribution in [-0.4, -0.2) is 28.8 Å². The van der Waals surface area contributed by atoms with E-state index in [0.29, 0.717) is 24.8 Å². The summed E-state index contributed by atoms with van der Waals surface area (Å²) in [5.74, 6) is 0.0655. The molecule has 7 nitrogen and oxygen atoms in total. The highest BCUT2D eigenvalue weighted by Crippen LogP contribution is 2.35. The zero-order valence-corrected chi connectivity index (χ0v) is 14.7. The Morgan fingerprint density at radius 1 is 1.12 bits per heavy atom. The van der Waals surface area contributed by atoms with Crippen LogP contribution in [0.5, 0.6) is 0 Å². The third-order valence-electron chi connectivity index (χ3n) is 2.76. The van der Waals surface area contributed by atoms with Gasteiger partial charge in [0.1, 0.15) is 11.4 Å². The maximum Gasteiger partial charge on any atom is 0.336 e. The maximum atomic E-state index is 10.7. The Hall–Kier alpha value is -1.79. The third-order valence-corrected chi connectivity index (χ3v) is 3.66. The van der Waals surface area contributed by atoms with Crippen LogP contribution < -0.4 is 11.4 Å². The fourth-order valence-electron chi connectivity index (χ4n) is 1.70. The van der Waals surface area contributed by atoms with E-state index in [9.17, 15) is 14.2 Å². The summed E-state index contributed by atoms with van der Waals surface area (Å²) in [6.45, 7) is 1.47. The Labute approximate surface area is 140 Å². The number of fused-ring (bicyclic) bond motifs is 1. The van der Waals surface area contributed by atoms with Crippen LogP contribution in [0.3, 0.4) is 0 Å². The summed E-state index contributed by atoms with van der Waals surface area (Å²) < 4.78 is 15.2. The van der Waals surface area contributed by atoms with Gasteiger partial charge in [0.15, 0.2) is 0 Å². The van der Waals surface area contributed by atoms with Gasteiger partial charge in [0.05, 0.1) is 0 Å². The molecule has 0 spiro atoms. The van der Waals surface area contributed by atoms with E-state index in [1.807, 2.05) is 18.2 Å². The lowest BCUT2D eigenvalue weighted by atomic mass is 10.2. The lowest BCUT2D eigenvalue weighted by molar-refractivity contribution is -0.117. The molecule has 2 aromatic rings. The van der Waals surface area contributed by atoms with Gasteiger partial charge in [0.2, 0.25) is 0 Å². The van der Waals surface area contributed by atoms with Gasteiger partial charge < -0.3 is 24.7 Å². The lowest BCUT2D eigenvalue weighted by Crippen LogP contribution is -1.93. The van der Waals surface area contributed by atoms with Gasteiger partial charge in [-0.2, -0.15) is 0 Å². The SMILES string of the molecule is CC(=O)CCCCP(=O)(O)O.CN.O=c1ccc2ccccc2o1. The molecule has 0 saturated heterocycles. The van der Waals surface area contributed by atoms with Crippen molar-refractivity contribution in [1.29, 1.82) is 0 Å². The van der Waals surface area contributed by atoms with Crippen molar-refractivity contribution in [2.24, 2.45) is 5.73 Å². The Balaban J connectivity index is 0.000000400. The number of ketones is 1. The monoisotopic (exact) mass is 357 g/mol. The van der Waals surface area contributed by atoms with E-state index < -0.39 is 7.60 Å². The predicted octanol–water partition coefficient (Wildman–Crippen LogP) is 2.29. The molecule has 0 aliphatic carbocycles. The summed E-state index contributed by atoms with van der Waals surface area (Å²) in [4.78, 5) is 37.9. The van der Waals surface area contributed by atoms with Gasteiger partial charge in [-0.25, -0.2) is 4.79 Å². The molecular weight excluding hydrogens is 333 g/mol. The van der Waals surface area contributed by atoms with Gasteiger partial charge in [-0.05, 0) is 38.9 Å². The summed E-state index contributed by atoms with van der Waals surface area (Å²) in [5.41, 5.74) is 4.84. The minimum Gasteiger partial charge on any atom is -0.423 e. The van der Waals surface area contributed by atoms with E-state index in [-0.39, 0.29) is 17.6 Å². The van der Waals surface area contributed by atoms with Crippen molar-refractivity contribution in [3.8, 4) is 0 Å². The van der Waals surface area contributed by atoms with Crippen molar-refractivity contribution >= 4 is 24.3 Å². The summed E-state index contributed by atoms with van der Waals surface area (Å²) in [5, 5.41) is 0.951. The second-order valence-electron chi connectivity index (χ2n) is 4.84. The van der Waals surface area contributed by atoms with E-state index in [1.54, 1.807) is 12.1 Å². The lowest BCUT2D eigenvalue weighted by Gasteiger charge is -2.01. The molecule has 0 atom stereocenters. The molecule has 4 N–H and O–H groups in total. The molecule has 0 aliphatic heterocycles. The van der Waals surface area contributed by atoms with Crippen LogP contribution >= 0.6 is 7.60 Å². The van der Waals surface area contributed by atoms with Crippen LogP contribution in [0.1, 0.15) is 26.2 Å². The van der Waals surface area contributed by atoms with Crippen molar-refractivity contribution in [3.63, 3.8) is 0 Å². The molecule has 134 valence electrons. The largest absolute Gasteiger partial charge is 0.423 e. The molecule has 24 heavy (non-hydrogen) atoms. The average molecular weight is 357 g/mol. The molecule has 0 fully saturated rings. The van der Waals surface area contributed by atoms with E-state index in [2.05, 4.69) is 5.73 Å². The molecule has 0 unspecified atom stereocenters. The van der Waals surface area contributed by atoms with Gasteiger partial charge in [-0.3, -0.25) is 4.57 Å². The Bertz CT molecular complexity index is 722. The third kappa shape index (κ3) is 10.9. The van der Waals surface area contributed by atoms with Crippen molar-refractivity contribution in [3.05, 3.63) is 46.8 Å². The van der Waals surface area contributed by atoms with Crippen LogP contribution in [0.4, 0.5) is 0 Å². The fraction of sp³-hybridized carbons (Fsp3) is 0.375. The highest BCUT2D eigenvalue weighted by atomic mass is 31.2. The first-order valence-corrected chi connectivity index (χ1v) is 9.18. The maximum absolute atomic E-state index is 10.7. The number of Topliss-reactive ketones (excluding diaryl/α,β-unsaturated/α-hetero) is 1. The normalized spacial score (nSPS) is 10.2. The second kappa shape index (κ2) is 11.7. The summed E-state index contributed by atoms with van der Waals surface area (Å²) in [6, 6.07) is 10.6. The summed E-state index contributed by atoms with van der Waals surface area (Å²) in [6.07, 6.45) is 1.30. The first-order valence-electron chi connectivity index (χ1n) is 7.38. The van der Waals surface area contributed by atoms with Crippen molar-refractivity contribution in [2.75, 3.05) is 13.2 Å². The number of unbranched alkanes of at least 4 members (excludes halogenated alkanes) is 1. The quantitative estimate of drug-likeness (QED) is 0.425. The van der Waals surface area contributed by atoms with Gasteiger partial charge in [-0.15, -0.1) is 0 Å². The zero-order chi connectivity index (χ0) is 18.6. The average Bonchev–Trinajstić information content (AvgIpc) is 2.53. The number of hydrogen-bond acceptors (Lipinski definition) is 5. The van der Waals surface area contributed by atoms with Gasteiger partial charge >= 0.3 is 13.2 Å². The van der Waals surface area contributed by atoms with Crippen molar-refractivity contribution < 1.29 is 23.6 Å². The Morgan fingerprint density at radius 3 is 2.33 bits per heavy atom. The minimum atomic E-state index is -3.84. The minimum absolute atomic E-state index is 0.0655. The topological polar surface area (TPSA) is 131 Å². The van der Waals surface area contributed by atoms with Crippen LogP contribution in [0, 0.1) is 0 Å². The summed E-state index contributed by atoms with van der Waals surface area (Å²) in [7, 11) is -2.34. The van der Waals surface area contributed by atoms with E-state index in [1.165, 1.54) is 20.0 Å². The first-order chi connectivity index (χ1) is 11.3. The smallest absolute Gasteiger partial charge is 0.336 e. The number of carbonyl (C=O) groups excluding carboxylic acids is 1. The van der Waals surface area contributed by atoms with Crippen molar-refractivity contribution in [1.82, 2.24) is 0 Å². The molecule has 0 bridgehead atoms. The summed E-state index contributed by atoms with van der Waals surface area (Å²) >= 11 is 0. The van der Waals surface area contributed by atoms with E-state index in [0.717, 1.165) is 5.39 Å². The Kier molecular flexibility index (Phi) is 10.8. The van der Waals surface area contributed by atoms with E-state index in [4.69, 9.17) is 14.2 Å². The zero-order valence-electron chi connectivity index (χ0n) is 13.8. The van der Waals surface area contributed by atoms with Crippen LogP contribution in [-0.2, 0) is 9.36 Å². The molecule has 8 heteroatoms. The number of para-hydroxylation sites is 1. The van der Waals surface area contributed by atoms with Gasteiger partial charge in [0, 0.05) is 24.0 Å². The highest BCUT2D eigenvalue weighted by molar-refractivity contribution is 7.51. The standard InChI is InChI=1S/C9H6O2.C6H13O4P.CH5N/c10-9-6-5-7-3-1-2-4-8(7)11-9;1-6(7)4-2-3-5-11(8,9)10;1-2/h1-6H;2-5H2,1H3,(H2,8,9,10);2H2,1H3. The first kappa shape index (κ1) is 22.2. The molecule has 1 heterocycles. The number of rotatable bonds is 5. The molecular formula is C16H24NO6P. The highest BCUT2D eigenvalue weighted by Gasteiger charge is 2.11. The van der Waals surface area contributed by atoms with Crippen LogP contribution in [0.2, 0.25) is 0 Å². The van der Waals surface area contributed by atoms with Crippen molar-refractivity contribution in [2.45, 2.75) is 26.2 Å². The van der Waals surface area contributed by atoms with Gasteiger partial charge in [0.25, 0.3) is 0 Å². The number of benzene rings is 1. The molecule has 1 aromatic carbocycles. The molecule has 2 rings (SSSR count). The Morgan fingerprint density at radius 2 is 1.75 bits per heavy atom. The number of hydrogen-bond donors (Lipinski definition) is 3. The fourth-order valence-corrected chi connectivity index (χ4v) is 2.34. The van der Waals surface area contributed by atoms with Crippen LogP contribution in [0.25, 0.3) is 11.0 Å². The molecule has 0 amide bonds. The molecule has 0 saturated carbocycles. The van der Waals surface area contributed by atoms with Crippen LogP contribution in [0.15, 0.2) is 45.6 Å². The van der Waals surface area contributed by atoms with Gasteiger partial charge in [-0.1, -0.05) is 18.2 Å².